The number of benzene rings is 2. The molecule has 2 atom stereocenters. The standard InChI is InChI=1S/C22H19ClN2O8P2/c23-16-3-1-2-14(10-16)20-7-9-31-34(27,33-20)17-11-15-4-5-18-19(26)6-8-25(13-32-35(28,29)30)22(18)21(15)24-12-17/h1-6,8,10-12,20H,7,9,13H2,(H2,28,29,30)/t20-,34?/m0/s1. The zero-order chi connectivity index (χ0) is 24.8. The van der Waals surface area contributed by atoms with Crippen LogP contribution < -0.4 is 10.7 Å². The van der Waals surface area contributed by atoms with Gasteiger partial charge in [-0.05, 0) is 29.8 Å². The quantitative estimate of drug-likeness (QED) is 0.283. The Hall–Kier alpha value is -2.39. The van der Waals surface area contributed by atoms with Gasteiger partial charge in [0.2, 0.25) is 0 Å². The van der Waals surface area contributed by atoms with Crippen molar-refractivity contribution in [3.63, 3.8) is 0 Å². The first-order chi connectivity index (χ1) is 16.6. The van der Waals surface area contributed by atoms with Crippen LogP contribution in [0.1, 0.15) is 18.1 Å². The SMILES string of the molecule is O=c1ccn(COP(=O)(O)O)c2c1ccc1cc(P3(=O)OCC[C@@H](c4cccc(Cl)c4)O3)cnc12. The molecule has 10 nitrogen and oxygen atoms in total. The van der Waals surface area contributed by atoms with Crippen LogP contribution in [0.5, 0.6) is 0 Å². The minimum atomic E-state index is -4.75. The van der Waals surface area contributed by atoms with Crippen molar-refractivity contribution in [2.24, 2.45) is 0 Å². The van der Waals surface area contributed by atoms with Crippen LogP contribution in [0.2, 0.25) is 5.02 Å². The van der Waals surface area contributed by atoms with E-state index in [1.807, 2.05) is 6.07 Å². The molecule has 1 saturated heterocycles. The Labute approximate surface area is 203 Å². The number of phosphoric ester groups is 1. The molecule has 13 heteroatoms. The van der Waals surface area contributed by atoms with Crippen molar-refractivity contribution in [1.82, 2.24) is 9.55 Å². The van der Waals surface area contributed by atoms with Crippen LogP contribution in [0.4, 0.5) is 0 Å². The maximum Gasteiger partial charge on any atom is 0.471 e. The summed E-state index contributed by atoms with van der Waals surface area (Å²) in [4.78, 5) is 35.0. The summed E-state index contributed by atoms with van der Waals surface area (Å²) in [5.41, 5.74) is 1.16. The summed E-state index contributed by atoms with van der Waals surface area (Å²) >= 11 is 6.09. The van der Waals surface area contributed by atoms with Crippen LogP contribution >= 0.6 is 27.0 Å². The second kappa shape index (κ2) is 9.24. The monoisotopic (exact) mass is 536 g/mol. The summed E-state index contributed by atoms with van der Waals surface area (Å²) in [6, 6.07) is 13.2. The van der Waals surface area contributed by atoms with Crippen molar-refractivity contribution in [3.8, 4) is 0 Å². The molecule has 0 bridgehead atoms. The highest BCUT2D eigenvalue weighted by Crippen LogP contribution is 2.55. The maximum absolute atomic E-state index is 13.7. The van der Waals surface area contributed by atoms with Gasteiger partial charge in [-0.2, -0.15) is 0 Å². The lowest BCUT2D eigenvalue weighted by atomic mass is 10.1. The summed E-state index contributed by atoms with van der Waals surface area (Å²) in [5, 5.41) is 1.60. The molecule has 5 rings (SSSR count). The number of hydrogen-bond acceptors (Lipinski definition) is 7. The lowest BCUT2D eigenvalue weighted by Gasteiger charge is -2.30. The molecule has 2 N–H and O–H groups in total. The Kier molecular flexibility index (Phi) is 6.42. The van der Waals surface area contributed by atoms with E-state index in [2.05, 4.69) is 9.51 Å². The molecule has 0 amide bonds. The van der Waals surface area contributed by atoms with E-state index >= 15 is 0 Å². The Balaban J connectivity index is 1.56. The van der Waals surface area contributed by atoms with Crippen molar-refractivity contribution in [2.75, 3.05) is 6.61 Å². The van der Waals surface area contributed by atoms with Crippen molar-refractivity contribution in [1.29, 1.82) is 0 Å². The summed E-state index contributed by atoms with van der Waals surface area (Å²) < 4.78 is 42.4. The van der Waals surface area contributed by atoms with Gasteiger partial charge in [0.25, 0.3) is 0 Å². The zero-order valence-electron chi connectivity index (χ0n) is 18.0. The molecular weight excluding hydrogens is 518 g/mol. The first-order valence-electron chi connectivity index (χ1n) is 10.4. The van der Waals surface area contributed by atoms with Crippen molar-refractivity contribution >= 4 is 54.1 Å². The highest BCUT2D eigenvalue weighted by atomic mass is 35.5. The van der Waals surface area contributed by atoms with Gasteiger partial charge in [0.1, 0.15) is 6.73 Å². The van der Waals surface area contributed by atoms with E-state index in [1.54, 1.807) is 36.4 Å². The zero-order valence-corrected chi connectivity index (χ0v) is 20.5. The average Bonchev–Trinajstić information content (AvgIpc) is 2.82. The Morgan fingerprint density at radius 3 is 2.83 bits per heavy atom. The number of halogens is 1. The third-order valence-electron chi connectivity index (χ3n) is 5.58. The van der Waals surface area contributed by atoms with E-state index in [1.165, 1.54) is 23.0 Å². The van der Waals surface area contributed by atoms with Gasteiger partial charge >= 0.3 is 15.4 Å². The molecule has 1 aliphatic heterocycles. The minimum absolute atomic E-state index is 0.212. The summed E-state index contributed by atoms with van der Waals surface area (Å²) in [6.07, 6.45) is 2.74. The topological polar surface area (TPSA) is 137 Å². The lowest BCUT2D eigenvalue weighted by Crippen LogP contribution is -2.20. The Morgan fingerprint density at radius 2 is 2.06 bits per heavy atom. The Bertz CT molecular complexity index is 1600. The van der Waals surface area contributed by atoms with Crippen LogP contribution in [-0.4, -0.2) is 25.9 Å². The first kappa shape index (κ1) is 24.3. The molecule has 1 unspecified atom stereocenters. The number of rotatable bonds is 5. The second-order valence-electron chi connectivity index (χ2n) is 7.89. The van der Waals surface area contributed by atoms with Gasteiger partial charge in [-0.15, -0.1) is 0 Å². The lowest BCUT2D eigenvalue weighted by molar-refractivity contribution is 0.0875. The molecule has 4 aromatic rings. The molecule has 1 fully saturated rings. The second-order valence-corrected chi connectivity index (χ2v) is 11.6. The van der Waals surface area contributed by atoms with E-state index in [4.69, 9.17) is 30.4 Å². The van der Waals surface area contributed by atoms with Crippen molar-refractivity contribution < 1.29 is 32.5 Å². The van der Waals surface area contributed by atoms with E-state index < -0.39 is 28.3 Å². The Morgan fingerprint density at radius 1 is 1.23 bits per heavy atom. The molecule has 0 aliphatic carbocycles. The van der Waals surface area contributed by atoms with Gasteiger partial charge in [-0.25, -0.2) is 4.57 Å². The molecule has 182 valence electrons. The molecule has 35 heavy (non-hydrogen) atoms. The van der Waals surface area contributed by atoms with E-state index in [-0.39, 0.29) is 22.7 Å². The molecule has 0 radical (unpaired) electrons. The van der Waals surface area contributed by atoms with Crippen LogP contribution in [0, 0.1) is 0 Å². The molecule has 1 aliphatic rings. The minimum Gasteiger partial charge on any atom is -0.321 e. The molecule has 0 saturated carbocycles. The molecule has 3 heterocycles. The molecule has 2 aromatic heterocycles. The highest BCUT2D eigenvalue weighted by molar-refractivity contribution is 7.62. The number of fused-ring (bicyclic) bond motifs is 3. The third-order valence-corrected chi connectivity index (χ3v) is 8.20. The van der Waals surface area contributed by atoms with Crippen molar-refractivity contribution in [3.05, 3.63) is 81.7 Å². The van der Waals surface area contributed by atoms with Crippen LogP contribution in [0.25, 0.3) is 21.8 Å². The maximum atomic E-state index is 13.7. The van der Waals surface area contributed by atoms with E-state index in [0.29, 0.717) is 27.9 Å². The van der Waals surface area contributed by atoms with Crippen LogP contribution in [-0.2, 0) is 29.4 Å². The van der Waals surface area contributed by atoms with Crippen LogP contribution in [0.3, 0.4) is 0 Å². The van der Waals surface area contributed by atoms with E-state index in [9.17, 15) is 13.9 Å². The number of aromatic nitrogens is 2. The fraction of sp³-hybridized carbons (Fsp3) is 0.182. The largest absolute Gasteiger partial charge is 0.471 e. The summed E-state index contributed by atoms with van der Waals surface area (Å²) in [5.74, 6) is 0. The normalized spacial score (nSPS) is 20.9. The van der Waals surface area contributed by atoms with Gasteiger partial charge in [-0.3, -0.25) is 23.4 Å². The smallest absolute Gasteiger partial charge is 0.321 e. The predicted octanol–water partition coefficient (Wildman–Crippen LogP) is 4.27. The number of hydrogen-bond donors (Lipinski definition) is 2. The summed E-state index contributed by atoms with van der Waals surface area (Å²) in [7, 11) is -8.47. The highest BCUT2D eigenvalue weighted by Gasteiger charge is 2.37. The van der Waals surface area contributed by atoms with Gasteiger partial charge in [0, 0.05) is 40.7 Å². The average molecular weight is 537 g/mol. The first-order valence-corrected chi connectivity index (χ1v) is 13.9. The van der Waals surface area contributed by atoms with Gasteiger partial charge in [0.05, 0.1) is 29.0 Å². The number of nitrogens with zero attached hydrogens (tertiary/aromatic N) is 2. The third kappa shape index (κ3) is 4.98. The van der Waals surface area contributed by atoms with Gasteiger partial charge in [0.15, 0.2) is 5.43 Å². The predicted molar refractivity (Wildman–Crippen MR) is 130 cm³/mol. The fourth-order valence-electron chi connectivity index (χ4n) is 3.98. The number of phosphoric acid groups is 1. The van der Waals surface area contributed by atoms with Crippen molar-refractivity contribution in [2.45, 2.75) is 19.3 Å². The molecule has 0 spiro atoms. The van der Waals surface area contributed by atoms with Crippen LogP contribution in [0.15, 0.2) is 65.7 Å². The number of pyridine rings is 2. The van der Waals surface area contributed by atoms with Gasteiger partial charge in [-0.1, -0.05) is 29.8 Å². The fourth-order valence-corrected chi connectivity index (χ4v) is 6.19. The summed E-state index contributed by atoms with van der Waals surface area (Å²) in [6.45, 7) is -0.293. The molecule has 2 aromatic carbocycles. The molecular formula is C22H19ClN2O8P2. The van der Waals surface area contributed by atoms with E-state index in [0.717, 1.165) is 5.56 Å². The van der Waals surface area contributed by atoms with Gasteiger partial charge < -0.3 is 18.9 Å².